The predicted molar refractivity (Wildman–Crippen MR) is 123 cm³/mol. The molecule has 5 rings (SSSR count). The zero-order chi connectivity index (χ0) is 21.0. The summed E-state index contributed by atoms with van der Waals surface area (Å²) in [6.07, 6.45) is 2.80. The summed E-state index contributed by atoms with van der Waals surface area (Å²) >= 11 is 0. The Balaban J connectivity index is 1.14. The van der Waals surface area contributed by atoms with Gasteiger partial charge < -0.3 is 14.1 Å². The van der Waals surface area contributed by atoms with E-state index in [1.165, 1.54) is 16.8 Å². The Morgan fingerprint density at radius 1 is 0.935 bits per heavy atom. The summed E-state index contributed by atoms with van der Waals surface area (Å²) in [6, 6.07) is 19.4. The van der Waals surface area contributed by atoms with E-state index in [1.807, 2.05) is 24.4 Å². The summed E-state index contributed by atoms with van der Waals surface area (Å²) in [6.45, 7) is 5.47. The van der Waals surface area contributed by atoms with Crippen LogP contribution in [0.5, 0.6) is 5.75 Å². The van der Waals surface area contributed by atoms with Crippen LogP contribution in [0.2, 0.25) is 0 Å². The van der Waals surface area contributed by atoms with E-state index >= 15 is 0 Å². The first-order valence-corrected chi connectivity index (χ1v) is 10.7. The zero-order valence-electron chi connectivity index (χ0n) is 17.4. The van der Waals surface area contributed by atoms with Crippen LogP contribution >= 0.6 is 0 Å². The Morgan fingerprint density at radius 2 is 1.71 bits per heavy atom. The Labute approximate surface area is 180 Å². The Hall–Kier alpha value is -3.38. The van der Waals surface area contributed by atoms with Crippen LogP contribution in [-0.4, -0.2) is 49.2 Å². The molecule has 0 saturated carbocycles. The van der Waals surface area contributed by atoms with E-state index in [0.717, 1.165) is 50.3 Å². The first kappa shape index (κ1) is 19.6. The van der Waals surface area contributed by atoms with E-state index < -0.39 is 0 Å². The molecule has 3 heterocycles. The third-order valence-electron chi connectivity index (χ3n) is 5.81. The van der Waals surface area contributed by atoms with E-state index in [4.69, 9.17) is 9.15 Å². The lowest BCUT2D eigenvalue weighted by Gasteiger charge is -2.35. The predicted octanol–water partition coefficient (Wildman–Crippen LogP) is 3.93. The molecular formula is C25H25N3O3. The SMILES string of the molecule is O=c1cc(OCCCN2CCN(c3nccc4ccccc34)CC2)c2ccccc2o1. The molecule has 0 bridgehead atoms. The van der Waals surface area contributed by atoms with Gasteiger partial charge in [-0.3, -0.25) is 4.90 Å². The molecule has 1 saturated heterocycles. The minimum atomic E-state index is -0.383. The number of rotatable bonds is 6. The van der Waals surface area contributed by atoms with Gasteiger partial charge in [0.1, 0.15) is 17.2 Å². The minimum Gasteiger partial charge on any atom is -0.492 e. The van der Waals surface area contributed by atoms with Gasteiger partial charge in [0.25, 0.3) is 0 Å². The van der Waals surface area contributed by atoms with Crippen LogP contribution in [-0.2, 0) is 0 Å². The molecule has 0 spiro atoms. The van der Waals surface area contributed by atoms with Crippen LogP contribution in [0.25, 0.3) is 21.7 Å². The Morgan fingerprint density at radius 3 is 2.58 bits per heavy atom. The van der Waals surface area contributed by atoms with Gasteiger partial charge in [0.05, 0.1) is 18.1 Å². The van der Waals surface area contributed by atoms with Crippen molar-refractivity contribution in [3.05, 3.63) is 77.3 Å². The highest BCUT2D eigenvalue weighted by atomic mass is 16.5. The second kappa shape index (κ2) is 8.78. The Kier molecular flexibility index (Phi) is 5.54. The Bertz CT molecular complexity index is 1240. The van der Waals surface area contributed by atoms with Gasteiger partial charge in [0, 0.05) is 44.3 Å². The number of benzene rings is 2. The summed E-state index contributed by atoms with van der Waals surface area (Å²) in [7, 11) is 0. The summed E-state index contributed by atoms with van der Waals surface area (Å²) in [5.41, 5.74) is 0.176. The van der Waals surface area contributed by atoms with Crippen molar-refractivity contribution in [3.8, 4) is 5.75 Å². The quantitative estimate of drug-likeness (QED) is 0.351. The average Bonchev–Trinajstić information content (AvgIpc) is 2.82. The highest BCUT2D eigenvalue weighted by Gasteiger charge is 2.19. The van der Waals surface area contributed by atoms with Crippen LogP contribution in [0.15, 0.2) is 76.1 Å². The molecule has 0 amide bonds. The van der Waals surface area contributed by atoms with Gasteiger partial charge in [0.2, 0.25) is 0 Å². The maximum Gasteiger partial charge on any atom is 0.339 e. The summed E-state index contributed by atoms with van der Waals surface area (Å²) in [5.74, 6) is 1.68. The molecule has 0 aliphatic carbocycles. The molecule has 1 fully saturated rings. The summed E-state index contributed by atoms with van der Waals surface area (Å²) in [5, 5.41) is 3.28. The monoisotopic (exact) mass is 415 g/mol. The minimum absolute atomic E-state index is 0.383. The van der Waals surface area contributed by atoms with Crippen LogP contribution in [0.3, 0.4) is 0 Å². The van der Waals surface area contributed by atoms with Crippen molar-refractivity contribution in [1.29, 1.82) is 0 Å². The lowest BCUT2D eigenvalue weighted by Crippen LogP contribution is -2.47. The van der Waals surface area contributed by atoms with Crippen LogP contribution in [0.4, 0.5) is 5.82 Å². The number of hydrogen-bond donors (Lipinski definition) is 0. The van der Waals surface area contributed by atoms with Crippen LogP contribution in [0, 0.1) is 0 Å². The van der Waals surface area contributed by atoms with Crippen molar-refractivity contribution in [3.63, 3.8) is 0 Å². The molecule has 6 heteroatoms. The molecular weight excluding hydrogens is 390 g/mol. The number of para-hydroxylation sites is 1. The second-order valence-corrected chi connectivity index (χ2v) is 7.81. The number of ether oxygens (including phenoxy) is 1. The van der Waals surface area contributed by atoms with Crippen molar-refractivity contribution in [2.75, 3.05) is 44.2 Å². The number of nitrogens with zero attached hydrogens (tertiary/aromatic N) is 3. The van der Waals surface area contributed by atoms with E-state index in [1.54, 1.807) is 6.07 Å². The van der Waals surface area contributed by atoms with Crippen molar-refractivity contribution in [1.82, 2.24) is 9.88 Å². The highest BCUT2D eigenvalue weighted by Crippen LogP contribution is 2.25. The largest absolute Gasteiger partial charge is 0.492 e. The van der Waals surface area contributed by atoms with Gasteiger partial charge in [-0.25, -0.2) is 9.78 Å². The van der Waals surface area contributed by atoms with Crippen molar-refractivity contribution in [2.24, 2.45) is 0 Å². The number of fused-ring (bicyclic) bond motifs is 2. The standard InChI is InChI=1S/C25H25N3O3/c29-24-18-23(21-8-3-4-9-22(21)31-24)30-17-5-12-27-13-15-28(16-14-27)25-20-7-2-1-6-19(20)10-11-26-25/h1-4,6-11,18H,5,12-17H2. The molecule has 31 heavy (non-hydrogen) atoms. The number of aromatic nitrogens is 1. The molecule has 4 aromatic rings. The number of hydrogen-bond acceptors (Lipinski definition) is 6. The fraction of sp³-hybridized carbons (Fsp3) is 0.280. The second-order valence-electron chi connectivity index (χ2n) is 7.81. The van der Waals surface area contributed by atoms with Gasteiger partial charge in [-0.2, -0.15) is 0 Å². The fourth-order valence-electron chi connectivity index (χ4n) is 4.21. The number of piperazine rings is 1. The van der Waals surface area contributed by atoms with Crippen molar-refractivity contribution in [2.45, 2.75) is 6.42 Å². The molecule has 6 nitrogen and oxygen atoms in total. The molecule has 2 aromatic heterocycles. The number of pyridine rings is 1. The first-order valence-electron chi connectivity index (χ1n) is 10.7. The number of anilines is 1. The van der Waals surface area contributed by atoms with Crippen molar-refractivity contribution < 1.29 is 9.15 Å². The molecule has 1 aliphatic heterocycles. The molecule has 2 aromatic carbocycles. The average molecular weight is 415 g/mol. The van der Waals surface area contributed by atoms with E-state index in [9.17, 15) is 4.79 Å². The fourth-order valence-corrected chi connectivity index (χ4v) is 4.21. The molecule has 0 radical (unpaired) electrons. The molecule has 0 N–H and O–H groups in total. The smallest absolute Gasteiger partial charge is 0.339 e. The van der Waals surface area contributed by atoms with Gasteiger partial charge in [-0.1, -0.05) is 36.4 Å². The zero-order valence-corrected chi connectivity index (χ0v) is 17.4. The van der Waals surface area contributed by atoms with Crippen molar-refractivity contribution >= 4 is 27.6 Å². The van der Waals surface area contributed by atoms with E-state index in [0.29, 0.717) is 17.9 Å². The molecule has 158 valence electrons. The van der Waals surface area contributed by atoms with Crippen LogP contribution < -0.4 is 15.3 Å². The molecule has 1 aliphatic rings. The van der Waals surface area contributed by atoms with E-state index in [-0.39, 0.29) is 5.63 Å². The molecule has 0 atom stereocenters. The van der Waals surface area contributed by atoms with Gasteiger partial charge in [-0.15, -0.1) is 0 Å². The van der Waals surface area contributed by atoms with Crippen LogP contribution in [0.1, 0.15) is 6.42 Å². The maximum atomic E-state index is 11.7. The normalized spacial score (nSPS) is 14.9. The van der Waals surface area contributed by atoms with E-state index in [2.05, 4.69) is 45.1 Å². The first-order chi connectivity index (χ1) is 15.3. The summed E-state index contributed by atoms with van der Waals surface area (Å²) in [4.78, 5) is 21.2. The van der Waals surface area contributed by atoms with Gasteiger partial charge in [-0.05, 0) is 30.0 Å². The lowest BCUT2D eigenvalue weighted by atomic mass is 10.1. The summed E-state index contributed by atoms with van der Waals surface area (Å²) < 4.78 is 11.1. The van der Waals surface area contributed by atoms with Gasteiger partial charge >= 0.3 is 5.63 Å². The molecule has 0 unspecified atom stereocenters. The maximum absolute atomic E-state index is 11.7. The topological polar surface area (TPSA) is 58.8 Å². The third kappa shape index (κ3) is 4.25. The lowest BCUT2D eigenvalue weighted by molar-refractivity contribution is 0.225. The van der Waals surface area contributed by atoms with Gasteiger partial charge in [0.15, 0.2) is 0 Å². The third-order valence-corrected chi connectivity index (χ3v) is 5.81. The highest BCUT2D eigenvalue weighted by molar-refractivity contribution is 5.92.